The molecule has 1 fully saturated rings. The summed E-state index contributed by atoms with van der Waals surface area (Å²) in [5.41, 5.74) is 1.40. The third-order valence-corrected chi connectivity index (χ3v) is 3.72. The molecule has 0 saturated carbocycles. The summed E-state index contributed by atoms with van der Waals surface area (Å²) in [7, 11) is 0. The highest BCUT2D eigenvalue weighted by Crippen LogP contribution is 2.23. The number of benzene rings is 1. The summed E-state index contributed by atoms with van der Waals surface area (Å²) in [5, 5.41) is 6.99. The van der Waals surface area contributed by atoms with Crippen LogP contribution < -0.4 is 0 Å². The number of hydrogen-bond acceptors (Lipinski definition) is 2. The molecular formula is C17H26N2. The van der Waals surface area contributed by atoms with E-state index in [0.717, 1.165) is 25.3 Å². The molecule has 1 aromatic carbocycles. The fourth-order valence-electron chi connectivity index (χ4n) is 2.79. The molecule has 0 amide bonds. The highest BCUT2D eigenvalue weighted by atomic mass is 15.5. The summed E-state index contributed by atoms with van der Waals surface area (Å²) in [6.45, 7) is 5.74. The van der Waals surface area contributed by atoms with Crippen LogP contribution in [0.4, 0.5) is 0 Å². The lowest BCUT2D eigenvalue weighted by atomic mass is 10.0. The van der Waals surface area contributed by atoms with Gasteiger partial charge in [0.1, 0.15) is 0 Å². The molecule has 0 bridgehead atoms. The van der Waals surface area contributed by atoms with Crippen molar-refractivity contribution in [2.45, 2.75) is 52.0 Å². The normalized spacial score (nSPS) is 19.7. The first-order valence-electron chi connectivity index (χ1n) is 7.58. The first kappa shape index (κ1) is 14.1. The van der Waals surface area contributed by atoms with Crippen molar-refractivity contribution in [2.75, 3.05) is 6.54 Å². The van der Waals surface area contributed by atoms with Crippen molar-refractivity contribution < 1.29 is 0 Å². The molecule has 2 heteroatoms. The lowest BCUT2D eigenvalue weighted by Gasteiger charge is -2.22. The SMILES string of the molecule is CC(C)C[C@@H]1CCCN1/N=C/CCc1ccccc1. The Balaban J connectivity index is 1.75. The van der Waals surface area contributed by atoms with E-state index in [2.05, 4.69) is 60.5 Å². The molecule has 1 saturated heterocycles. The van der Waals surface area contributed by atoms with Gasteiger partial charge < -0.3 is 0 Å². The summed E-state index contributed by atoms with van der Waals surface area (Å²) in [6, 6.07) is 11.3. The quantitative estimate of drug-likeness (QED) is 0.701. The molecule has 0 aromatic heterocycles. The van der Waals surface area contributed by atoms with E-state index in [-0.39, 0.29) is 0 Å². The second kappa shape index (κ2) is 7.32. The molecule has 2 rings (SSSR count). The minimum Gasteiger partial charge on any atom is -0.294 e. The van der Waals surface area contributed by atoms with Crippen molar-refractivity contribution in [3.8, 4) is 0 Å². The first-order valence-corrected chi connectivity index (χ1v) is 7.58. The average molecular weight is 258 g/mol. The molecule has 104 valence electrons. The van der Waals surface area contributed by atoms with E-state index in [1.165, 1.54) is 24.8 Å². The Hall–Kier alpha value is -1.31. The summed E-state index contributed by atoms with van der Waals surface area (Å²) >= 11 is 0. The van der Waals surface area contributed by atoms with Gasteiger partial charge in [0.05, 0.1) is 0 Å². The monoisotopic (exact) mass is 258 g/mol. The van der Waals surface area contributed by atoms with Crippen LogP contribution in [0.5, 0.6) is 0 Å². The van der Waals surface area contributed by atoms with Crippen molar-refractivity contribution >= 4 is 6.21 Å². The Morgan fingerprint density at radius 1 is 1.32 bits per heavy atom. The minimum atomic E-state index is 0.674. The smallest absolute Gasteiger partial charge is 0.0473 e. The van der Waals surface area contributed by atoms with Gasteiger partial charge in [-0.1, -0.05) is 44.2 Å². The summed E-state index contributed by atoms with van der Waals surface area (Å²) in [5.74, 6) is 0.769. The standard InChI is InChI=1S/C17H26N2/c1-15(2)14-17-11-7-13-19(17)18-12-6-10-16-8-4-3-5-9-16/h3-5,8-9,12,15,17H,6-7,10-11,13-14H2,1-2H3/b18-12+/t17-/m0/s1. The highest BCUT2D eigenvalue weighted by molar-refractivity contribution is 5.57. The van der Waals surface area contributed by atoms with Crippen LogP contribution in [0.25, 0.3) is 0 Å². The second-order valence-corrected chi connectivity index (χ2v) is 5.91. The van der Waals surface area contributed by atoms with Gasteiger partial charge in [0.15, 0.2) is 0 Å². The van der Waals surface area contributed by atoms with Gasteiger partial charge in [0.2, 0.25) is 0 Å². The van der Waals surface area contributed by atoms with Crippen molar-refractivity contribution in [1.82, 2.24) is 5.01 Å². The van der Waals surface area contributed by atoms with Crippen LogP contribution in [-0.2, 0) is 6.42 Å². The van der Waals surface area contributed by atoms with E-state index in [1.54, 1.807) is 0 Å². The van der Waals surface area contributed by atoms with Crippen LogP contribution in [0.2, 0.25) is 0 Å². The largest absolute Gasteiger partial charge is 0.294 e. The fraction of sp³-hybridized carbons (Fsp3) is 0.588. The fourth-order valence-corrected chi connectivity index (χ4v) is 2.79. The molecule has 19 heavy (non-hydrogen) atoms. The maximum absolute atomic E-state index is 4.68. The number of rotatable bonds is 6. The first-order chi connectivity index (χ1) is 9.25. The van der Waals surface area contributed by atoms with Crippen LogP contribution in [0.15, 0.2) is 35.4 Å². The van der Waals surface area contributed by atoms with Gasteiger partial charge in [0, 0.05) is 18.8 Å². The van der Waals surface area contributed by atoms with Gasteiger partial charge in [-0.25, -0.2) is 0 Å². The van der Waals surface area contributed by atoms with E-state index in [1.807, 2.05) is 0 Å². The Morgan fingerprint density at radius 3 is 2.84 bits per heavy atom. The van der Waals surface area contributed by atoms with Gasteiger partial charge in [-0.3, -0.25) is 5.01 Å². The topological polar surface area (TPSA) is 15.6 Å². The molecule has 1 aliphatic rings. The van der Waals surface area contributed by atoms with E-state index in [0.29, 0.717) is 6.04 Å². The zero-order valence-corrected chi connectivity index (χ0v) is 12.3. The van der Waals surface area contributed by atoms with E-state index >= 15 is 0 Å². The maximum atomic E-state index is 4.68. The number of hydrazone groups is 1. The highest BCUT2D eigenvalue weighted by Gasteiger charge is 2.23. The Morgan fingerprint density at radius 2 is 2.11 bits per heavy atom. The Kier molecular flexibility index (Phi) is 5.44. The predicted molar refractivity (Wildman–Crippen MR) is 82.4 cm³/mol. The van der Waals surface area contributed by atoms with Crippen molar-refractivity contribution in [3.05, 3.63) is 35.9 Å². The van der Waals surface area contributed by atoms with Gasteiger partial charge in [0.25, 0.3) is 0 Å². The molecule has 0 N–H and O–H groups in total. The van der Waals surface area contributed by atoms with Gasteiger partial charge in [-0.05, 0) is 43.6 Å². The zero-order valence-electron chi connectivity index (χ0n) is 12.3. The van der Waals surface area contributed by atoms with Crippen LogP contribution in [0.3, 0.4) is 0 Å². The van der Waals surface area contributed by atoms with Crippen molar-refractivity contribution in [1.29, 1.82) is 0 Å². The molecule has 1 aromatic rings. The van der Waals surface area contributed by atoms with Gasteiger partial charge in [-0.15, -0.1) is 0 Å². The zero-order chi connectivity index (χ0) is 13.5. The molecule has 1 heterocycles. The Bertz CT molecular complexity index is 384. The molecule has 1 atom stereocenters. The van der Waals surface area contributed by atoms with Crippen molar-refractivity contribution in [3.63, 3.8) is 0 Å². The van der Waals surface area contributed by atoms with Crippen LogP contribution >= 0.6 is 0 Å². The Labute approximate surface area is 117 Å². The second-order valence-electron chi connectivity index (χ2n) is 5.91. The van der Waals surface area contributed by atoms with Crippen molar-refractivity contribution in [2.24, 2.45) is 11.0 Å². The molecule has 0 spiro atoms. The molecular weight excluding hydrogens is 232 g/mol. The summed E-state index contributed by atoms with van der Waals surface area (Å²) < 4.78 is 0. The predicted octanol–water partition coefficient (Wildman–Crippen LogP) is 4.12. The third-order valence-electron chi connectivity index (χ3n) is 3.72. The summed E-state index contributed by atoms with van der Waals surface area (Å²) in [6.07, 6.45) is 8.12. The lowest BCUT2D eigenvalue weighted by molar-refractivity contribution is 0.237. The van der Waals surface area contributed by atoms with Crippen LogP contribution in [-0.4, -0.2) is 23.8 Å². The van der Waals surface area contributed by atoms with Gasteiger partial charge in [-0.2, -0.15) is 5.10 Å². The number of aryl methyl sites for hydroxylation is 1. The molecule has 0 radical (unpaired) electrons. The lowest BCUT2D eigenvalue weighted by Crippen LogP contribution is -2.25. The summed E-state index contributed by atoms with van der Waals surface area (Å²) in [4.78, 5) is 0. The average Bonchev–Trinajstić information content (AvgIpc) is 2.82. The molecule has 2 nitrogen and oxygen atoms in total. The van der Waals surface area contributed by atoms with E-state index in [9.17, 15) is 0 Å². The van der Waals surface area contributed by atoms with E-state index < -0.39 is 0 Å². The molecule has 0 unspecified atom stereocenters. The number of hydrogen-bond donors (Lipinski definition) is 0. The van der Waals surface area contributed by atoms with Crippen LogP contribution in [0.1, 0.15) is 45.1 Å². The number of nitrogens with zero attached hydrogens (tertiary/aromatic N) is 2. The maximum Gasteiger partial charge on any atom is 0.0473 e. The van der Waals surface area contributed by atoms with Crippen LogP contribution in [0, 0.1) is 5.92 Å². The molecule has 1 aliphatic heterocycles. The van der Waals surface area contributed by atoms with Gasteiger partial charge >= 0.3 is 0 Å². The minimum absolute atomic E-state index is 0.674. The third kappa shape index (κ3) is 4.70. The molecule has 0 aliphatic carbocycles. The van der Waals surface area contributed by atoms with E-state index in [4.69, 9.17) is 0 Å².